The zero-order valence-electron chi connectivity index (χ0n) is 13.8. The number of carbonyl (C=O) groups excluding carboxylic acids is 2. The lowest BCUT2D eigenvalue weighted by Gasteiger charge is -2.44. The zero-order valence-corrected chi connectivity index (χ0v) is 15.4. The van der Waals surface area contributed by atoms with E-state index in [4.69, 9.17) is 0 Å². The molecule has 0 bridgehead atoms. The number of hydrogen-bond acceptors (Lipinski definition) is 6. The van der Waals surface area contributed by atoms with E-state index in [1.54, 1.807) is 36.3 Å². The van der Waals surface area contributed by atoms with Crippen LogP contribution in [-0.4, -0.2) is 90.8 Å². The summed E-state index contributed by atoms with van der Waals surface area (Å²) in [6, 6.07) is -1.21. The van der Waals surface area contributed by atoms with Crippen molar-refractivity contribution in [3.05, 3.63) is 16.1 Å². The van der Waals surface area contributed by atoms with Crippen LogP contribution in [0.25, 0.3) is 0 Å². The predicted octanol–water partition coefficient (Wildman–Crippen LogP) is 0.0565. The van der Waals surface area contributed by atoms with Gasteiger partial charge in [0, 0.05) is 27.2 Å². The number of carbonyl (C=O) groups is 2. The van der Waals surface area contributed by atoms with Crippen molar-refractivity contribution >= 4 is 33.1 Å². The van der Waals surface area contributed by atoms with Gasteiger partial charge in [0.1, 0.15) is 4.88 Å². The monoisotopic (exact) mass is 372 g/mol. The maximum atomic E-state index is 12.8. The van der Waals surface area contributed by atoms with Crippen molar-refractivity contribution in [3.63, 3.8) is 0 Å². The lowest BCUT2D eigenvalue weighted by Crippen LogP contribution is -2.63. The third-order valence-electron chi connectivity index (χ3n) is 4.50. The van der Waals surface area contributed by atoms with Crippen LogP contribution >= 0.6 is 11.3 Å². The van der Waals surface area contributed by atoms with Crippen LogP contribution < -0.4 is 0 Å². The second kappa shape index (κ2) is 5.99. The molecule has 8 nitrogen and oxygen atoms in total. The van der Waals surface area contributed by atoms with E-state index in [2.05, 4.69) is 4.98 Å². The average Bonchev–Trinajstić information content (AvgIpc) is 3.06. The molecule has 0 radical (unpaired) electrons. The number of thiazole rings is 1. The lowest BCUT2D eigenvalue weighted by atomic mass is 10.0. The third-order valence-corrected chi connectivity index (χ3v) is 7.12. The molecular formula is C14H20N4O4S2. The highest BCUT2D eigenvalue weighted by Gasteiger charge is 2.50. The van der Waals surface area contributed by atoms with Gasteiger partial charge in [0.05, 0.1) is 34.8 Å². The van der Waals surface area contributed by atoms with E-state index >= 15 is 0 Å². The summed E-state index contributed by atoms with van der Waals surface area (Å²) in [5, 5.41) is 0. The summed E-state index contributed by atoms with van der Waals surface area (Å²) in [5.74, 6) is -0.389. The van der Waals surface area contributed by atoms with Crippen molar-refractivity contribution in [2.75, 3.05) is 38.7 Å². The topological polar surface area (TPSA) is 90.9 Å². The first kappa shape index (κ1) is 17.2. The molecule has 3 heterocycles. The van der Waals surface area contributed by atoms with Crippen molar-refractivity contribution < 1.29 is 18.0 Å². The maximum Gasteiger partial charge on any atom is 0.319 e. The van der Waals surface area contributed by atoms with Crippen LogP contribution in [0.4, 0.5) is 4.79 Å². The van der Waals surface area contributed by atoms with Crippen LogP contribution in [0.2, 0.25) is 0 Å². The van der Waals surface area contributed by atoms with Gasteiger partial charge in [-0.15, -0.1) is 11.3 Å². The molecule has 2 atom stereocenters. The highest BCUT2D eigenvalue weighted by molar-refractivity contribution is 7.91. The van der Waals surface area contributed by atoms with E-state index < -0.39 is 21.9 Å². The Kier molecular flexibility index (Phi) is 4.28. The predicted molar refractivity (Wildman–Crippen MR) is 89.9 cm³/mol. The molecule has 1 aromatic heterocycles. The van der Waals surface area contributed by atoms with Crippen molar-refractivity contribution in [1.82, 2.24) is 19.7 Å². The molecule has 132 valence electrons. The van der Waals surface area contributed by atoms with Crippen molar-refractivity contribution in [2.45, 2.75) is 19.0 Å². The quantitative estimate of drug-likeness (QED) is 0.695. The van der Waals surface area contributed by atoms with E-state index in [9.17, 15) is 18.0 Å². The fourth-order valence-corrected chi connectivity index (χ4v) is 6.08. The molecular weight excluding hydrogens is 352 g/mol. The number of amides is 3. The zero-order chi connectivity index (χ0) is 17.6. The molecule has 2 fully saturated rings. The molecule has 3 amide bonds. The Labute approximate surface area is 145 Å². The molecule has 0 unspecified atom stereocenters. The molecule has 2 aliphatic heterocycles. The second-order valence-electron chi connectivity index (χ2n) is 6.35. The first-order chi connectivity index (χ1) is 11.2. The van der Waals surface area contributed by atoms with Gasteiger partial charge in [0.2, 0.25) is 0 Å². The van der Waals surface area contributed by atoms with Gasteiger partial charge in [-0.25, -0.2) is 18.2 Å². The van der Waals surface area contributed by atoms with Crippen LogP contribution in [0.3, 0.4) is 0 Å². The van der Waals surface area contributed by atoms with Gasteiger partial charge >= 0.3 is 6.03 Å². The van der Waals surface area contributed by atoms with Gasteiger partial charge in [-0.2, -0.15) is 0 Å². The summed E-state index contributed by atoms with van der Waals surface area (Å²) < 4.78 is 24.3. The molecule has 3 rings (SSSR count). The standard InChI is InChI=1S/C14H20N4O4S2/c1-9-12(23-8-15-9)13(19)17-4-5-18(14(20)16(2)3)11-7-24(21,22)6-10(11)17/h8,10-11H,4-7H2,1-3H3/t10-,11+/m1/s1. The molecule has 0 aliphatic carbocycles. The Morgan fingerprint density at radius 3 is 2.33 bits per heavy atom. The van der Waals surface area contributed by atoms with Gasteiger partial charge in [-0.1, -0.05) is 0 Å². The SMILES string of the molecule is Cc1ncsc1C(=O)N1CCN(C(=O)N(C)C)[C@H]2CS(=O)(=O)C[C@H]21. The Balaban J connectivity index is 1.91. The van der Waals surface area contributed by atoms with Crippen molar-refractivity contribution in [2.24, 2.45) is 0 Å². The van der Waals surface area contributed by atoms with Gasteiger partial charge in [-0.3, -0.25) is 4.79 Å². The Hall–Kier alpha value is -1.68. The number of aromatic nitrogens is 1. The van der Waals surface area contributed by atoms with E-state index in [1.807, 2.05) is 0 Å². The normalized spacial score (nSPS) is 25.5. The Morgan fingerprint density at radius 1 is 1.21 bits per heavy atom. The van der Waals surface area contributed by atoms with E-state index in [1.165, 1.54) is 16.2 Å². The van der Waals surface area contributed by atoms with Gasteiger partial charge in [0.15, 0.2) is 9.84 Å². The largest absolute Gasteiger partial charge is 0.331 e. The summed E-state index contributed by atoms with van der Waals surface area (Å²) >= 11 is 1.26. The number of aryl methyl sites for hydroxylation is 1. The Bertz CT molecular complexity index is 773. The minimum Gasteiger partial charge on any atom is -0.331 e. The van der Waals surface area contributed by atoms with Gasteiger partial charge < -0.3 is 14.7 Å². The van der Waals surface area contributed by atoms with Gasteiger partial charge in [-0.05, 0) is 6.92 Å². The number of nitrogens with zero attached hydrogens (tertiary/aromatic N) is 4. The first-order valence-electron chi connectivity index (χ1n) is 7.60. The molecule has 2 saturated heterocycles. The second-order valence-corrected chi connectivity index (χ2v) is 9.36. The molecule has 10 heteroatoms. The fourth-order valence-electron chi connectivity index (χ4n) is 3.34. The third kappa shape index (κ3) is 2.88. The molecule has 24 heavy (non-hydrogen) atoms. The first-order valence-corrected chi connectivity index (χ1v) is 10.3. The smallest absolute Gasteiger partial charge is 0.319 e. The summed E-state index contributed by atoms with van der Waals surface area (Å²) in [4.78, 5) is 34.4. The van der Waals surface area contributed by atoms with E-state index in [0.717, 1.165) is 0 Å². The molecule has 0 aromatic carbocycles. The van der Waals surface area contributed by atoms with Crippen LogP contribution in [-0.2, 0) is 9.84 Å². The Morgan fingerprint density at radius 2 is 1.79 bits per heavy atom. The lowest BCUT2D eigenvalue weighted by molar-refractivity contribution is 0.0396. The van der Waals surface area contributed by atoms with Gasteiger partial charge in [0.25, 0.3) is 5.91 Å². The minimum absolute atomic E-state index is 0.0945. The highest BCUT2D eigenvalue weighted by Crippen LogP contribution is 2.29. The fraction of sp³-hybridized carbons (Fsp3) is 0.643. The number of fused-ring (bicyclic) bond motifs is 1. The summed E-state index contributed by atoms with van der Waals surface area (Å²) in [6.45, 7) is 2.42. The van der Waals surface area contributed by atoms with E-state index in [0.29, 0.717) is 23.7 Å². The molecule has 0 spiro atoms. The van der Waals surface area contributed by atoms with Crippen LogP contribution in [0.15, 0.2) is 5.51 Å². The number of rotatable bonds is 1. The number of hydrogen-bond donors (Lipinski definition) is 0. The van der Waals surface area contributed by atoms with Crippen LogP contribution in [0.1, 0.15) is 15.4 Å². The highest BCUT2D eigenvalue weighted by atomic mass is 32.2. The summed E-state index contributed by atoms with van der Waals surface area (Å²) in [7, 11) is -0.00908. The van der Waals surface area contributed by atoms with Crippen molar-refractivity contribution in [3.8, 4) is 0 Å². The molecule has 2 aliphatic rings. The molecule has 0 saturated carbocycles. The summed E-state index contributed by atoms with van der Waals surface area (Å²) in [5.41, 5.74) is 2.26. The number of urea groups is 1. The van der Waals surface area contributed by atoms with Crippen molar-refractivity contribution in [1.29, 1.82) is 0 Å². The minimum atomic E-state index is -3.28. The summed E-state index contributed by atoms with van der Waals surface area (Å²) in [6.07, 6.45) is 0. The van der Waals surface area contributed by atoms with Crippen LogP contribution in [0.5, 0.6) is 0 Å². The molecule has 1 aromatic rings. The number of piperazine rings is 1. The number of sulfone groups is 1. The maximum absolute atomic E-state index is 12.8. The van der Waals surface area contributed by atoms with Crippen LogP contribution in [0, 0.1) is 6.92 Å². The molecule has 0 N–H and O–H groups in total. The van der Waals surface area contributed by atoms with E-state index in [-0.39, 0.29) is 23.4 Å². The average molecular weight is 372 g/mol.